The molecule has 0 radical (unpaired) electrons. The molecule has 1 spiro atoms. The lowest BCUT2D eigenvalue weighted by atomic mass is 9.86. The number of sulfonamides is 1. The second-order valence-corrected chi connectivity index (χ2v) is 9.17. The Hall–Kier alpha value is -0.720. The molecule has 1 aliphatic carbocycles. The van der Waals surface area contributed by atoms with E-state index in [4.69, 9.17) is 0 Å². The Morgan fingerprint density at radius 1 is 1.23 bits per heavy atom. The summed E-state index contributed by atoms with van der Waals surface area (Å²) in [6, 6.07) is 6.86. The van der Waals surface area contributed by atoms with E-state index < -0.39 is 15.6 Å². The van der Waals surface area contributed by atoms with Crippen molar-refractivity contribution in [2.75, 3.05) is 6.54 Å². The van der Waals surface area contributed by atoms with Crippen LogP contribution in [0.25, 0.3) is 0 Å². The van der Waals surface area contributed by atoms with E-state index in [9.17, 15) is 13.2 Å². The lowest BCUT2D eigenvalue weighted by Crippen LogP contribution is -2.62. The number of ketones is 1. The Bertz CT molecular complexity index is 686. The predicted octanol–water partition coefficient (Wildman–Crippen LogP) is 3.03. The van der Waals surface area contributed by atoms with Crippen LogP contribution in [0.15, 0.2) is 29.2 Å². The largest absolute Gasteiger partial charge is 0.298 e. The normalized spacial score (nSPS) is 30.1. The molecular weight excluding hydrogens is 366 g/mol. The van der Waals surface area contributed by atoms with Gasteiger partial charge in [-0.1, -0.05) is 33.6 Å². The Balaban J connectivity index is 2.08. The van der Waals surface area contributed by atoms with E-state index in [-0.39, 0.29) is 15.5 Å². The second-order valence-electron chi connectivity index (χ2n) is 6.20. The van der Waals surface area contributed by atoms with E-state index >= 15 is 0 Å². The van der Waals surface area contributed by atoms with Crippen LogP contribution in [-0.2, 0) is 14.8 Å². The van der Waals surface area contributed by atoms with Crippen molar-refractivity contribution in [3.63, 3.8) is 0 Å². The molecular formula is C16H20BrNO3S. The zero-order valence-electron chi connectivity index (χ0n) is 12.6. The summed E-state index contributed by atoms with van der Waals surface area (Å²) in [5.41, 5.74) is 0.129. The van der Waals surface area contributed by atoms with Crippen molar-refractivity contribution in [3.8, 4) is 0 Å². The number of rotatable bonds is 2. The molecule has 1 aliphatic heterocycles. The van der Waals surface area contributed by atoms with Gasteiger partial charge in [0.05, 0.1) is 4.90 Å². The van der Waals surface area contributed by atoms with Crippen LogP contribution in [0.4, 0.5) is 0 Å². The number of piperidine rings is 1. The summed E-state index contributed by atoms with van der Waals surface area (Å²) >= 11 is 3.60. The van der Waals surface area contributed by atoms with Crippen LogP contribution >= 0.6 is 15.9 Å². The van der Waals surface area contributed by atoms with Gasteiger partial charge in [0.25, 0.3) is 0 Å². The molecule has 0 aromatic heterocycles. The third kappa shape index (κ3) is 2.36. The molecule has 1 aromatic rings. The zero-order valence-corrected chi connectivity index (χ0v) is 15.0. The fourth-order valence-electron chi connectivity index (χ4n) is 3.65. The minimum atomic E-state index is -3.65. The molecule has 3 rings (SSSR count). The maximum absolute atomic E-state index is 13.1. The zero-order chi connectivity index (χ0) is 16.0. The maximum atomic E-state index is 13.1. The predicted molar refractivity (Wildman–Crippen MR) is 88.6 cm³/mol. The van der Waals surface area contributed by atoms with E-state index in [2.05, 4.69) is 15.9 Å². The summed E-state index contributed by atoms with van der Waals surface area (Å²) in [7, 11) is -3.65. The van der Waals surface area contributed by atoms with E-state index in [1.807, 2.05) is 6.92 Å². The van der Waals surface area contributed by atoms with Crippen molar-refractivity contribution in [3.05, 3.63) is 29.8 Å². The molecule has 1 saturated carbocycles. The lowest BCUT2D eigenvalue weighted by Gasteiger charge is -2.45. The summed E-state index contributed by atoms with van der Waals surface area (Å²) < 4.78 is 27.7. The fraction of sp³-hybridized carbons (Fsp3) is 0.562. The summed E-state index contributed by atoms with van der Waals surface area (Å²) in [6.07, 6.45) is 3.47. The highest BCUT2D eigenvalue weighted by Gasteiger charge is 2.57. The summed E-state index contributed by atoms with van der Waals surface area (Å²) in [6.45, 7) is 2.35. The molecule has 4 nitrogen and oxygen atoms in total. The van der Waals surface area contributed by atoms with Crippen molar-refractivity contribution in [1.29, 1.82) is 0 Å². The summed E-state index contributed by atoms with van der Waals surface area (Å²) in [5.74, 6) is 0.0600. The van der Waals surface area contributed by atoms with Crippen LogP contribution in [0.1, 0.15) is 37.7 Å². The first-order valence-electron chi connectivity index (χ1n) is 7.66. The van der Waals surface area contributed by atoms with Gasteiger partial charge >= 0.3 is 0 Å². The van der Waals surface area contributed by atoms with Crippen LogP contribution in [0, 0.1) is 6.92 Å². The molecule has 1 saturated heterocycles. The maximum Gasteiger partial charge on any atom is 0.244 e. The third-order valence-electron chi connectivity index (χ3n) is 4.84. The van der Waals surface area contributed by atoms with Gasteiger partial charge in [-0.15, -0.1) is 0 Å². The molecule has 2 atom stereocenters. The highest BCUT2D eigenvalue weighted by Crippen LogP contribution is 2.45. The van der Waals surface area contributed by atoms with Gasteiger partial charge in [0.2, 0.25) is 10.0 Å². The monoisotopic (exact) mass is 385 g/mol. The molecule has 22 heavy (non-hydrogen) atoms. The fourth-order valence-corrected chi connectivity index (χ4v) is 6.69. The number of Topliss-reactive ketones (excluding diaryl/α,β-unsaturated/α-hetero) is 1. The van der Waals surface area contributed by atoms with Gasteiger partial charge in [0, 0.05) is 17.8 Å². The van der Waals surface area contributed by atoms with Crippen molar-refractivity contribution >= 4 is 31.7 Å². The Morgan fingerprint density at radius 3 is 2.50 bits per heavy atom. The molecule has 1 aromatic carbocycles. The molecule has 0 bridgehead atoms. The van der Waals surface area contributed by atoms with Crippen LogP contribution in [-0.4, -0.2) is 35.4 Å². The average Bonchev–Trinajstić information content (AvgIpc) is 2.85. The van der Waals surface area contributed by atoms with Crippen molar-refractivity contribution in [2.45, 2.75) is 54.3 Å². The number of hydrogen-bond donors (Lipinski definition) is 0. The highest BCUT2D eigenvalue weighted by molar-refractivity contribution is 9.09. The minimum Gasteiger partial charge on any atom is -0.298 e. The number of aryl methyl sites for hydroxylation is 1. The van der Waals surface area contributed by atoms with E-state index in [1.165, 1.54) is 4.31 Å². The van der Waals surface area contributed by atoms with Crippen molar-refractivity contribution < 1.29 is 13.2 Å². The first-order valence-corrected chi connectivity index (χ1v) is 10.0. The molecule has 6 heteroatoms. The lowest BCUT2D eigenvalue weighted by molar-refractivity contribution is -0.126. The van der Waals surface area contributed by atoms with Crippen LogP contribution in [0.2, 0.25) is 0 Å². The average molecular weight is 386 g/mol. The van der Waals surface area contributed by atoms with Crippen molar-refractivity contribution in [2.24, 2.45) is 0 Å². The van der Waals surface area contributed by atoms with E-state index in [0.29, 0.717) is 19.4 Å². The minimum absolute atomic E-state index is 0.0600. The van der Waals surface area contributed by atoms with Gasteiger partial charge in [-0.2, -0.15) is 4.31 Å². The van der Waals surface area contributed by atoms with Crippen LogP contribution < -0.4 is 0 Å². The highest BCUT2D eigenvalue weighted by atomic mass is 79.9. The molecule has 0 N–H and O–H groups in total. The van der Waals surface area contributed by atoms with Crippen LogP contribution in [0.3, 0.4) is 0 Å². The standard InChI is InChI=1S/C16H20BrNO3S/c1-12-6-8-13(9-7-12)22(20,21)18-11-3-4-14(17)16(18)10-2-5-15(16)19/h6-9,14H,2-5,10-11H2,1H3/t14-,16+/m0/s1. The van der Waals surface area contributed by atoms with Gasteiger partial charge in [-0.3, -0.25) is 4.79 Å². The van der Waals surface area contributed by atoms with Crippen LogP contribution in [0.5, 0.6) is 0 Å². The Labute approximate surface area is 140 Å². The summed E-state index contributed by atoms with van der Waals surface area (Å²) in [4.78, 5) is 12.8. The third-order valence-corrected chi connectivity index (χ3v) is 8.01. The number of carbonyl (C=O) groups excluding carboxylic acids is 1. The number of hydrogen-bond acceptors (Lipinski definition) is 3. The smallest absolute Gasteiger partial charge is 0.244 e. The molecule has 0 unspecified atom stereocenters. The molecule has 2 aliphatic rings. The van der Waals surface area contributed by atoms with Gasteiger partial charge in [-0.25, -0.2) is 8.42 Å². The van der Waals surface area contributed by atoms with Gasteiger partial charge in [0.15, 0.2) is 5.78 Å². The Kier molecular flexibility index (Phi) is 4.20. The second kappa shape index (κ2) is 5.73. The van der Waals surface area contributed by atoms with E-state index in [1.54, 1.807) is 24.3 Å². The van der Waals surface area contributed by atoms with Crippen molar-refractivity contribution in [1.82, 2.24) is 4.31 Å². The summed E-state index contributed by atoms with van der Waals surface area (Å²) in [5, 5.41) is 0. The van der Waals surface area contributed by atoms with Gasteiger partial charge in [0.1, 0.15) is 5.54 Å². The topological polar surface area (TPSA) is 54.5 Å². The SMILES string of the molecule is Cc1ccc(S(=O)(=O)N2CCC[C@H](Br)[C@@]23CCCC3=O)cc1. The number of alkyl halides is 1. The number of benzene rings is 1. The molecule has 120 valence electrons. The van der Waals surface area contributed by atoms with Gasteiger partial charge < -0.3 is 0 Å². The number of carbonyl (C=O) groups is 1. The number of nitrogens with zero attached hydrogens (tertiary/aromatic N) is 1. The first kappa shape index (κ1) is 16.1. The molecule has 1 heterocycles. The van der Waals surface area contributed by atoms with E-state index in [0.717, 1.165) is 24.8 Å². The molecule has 0 amide bonds. The molecule has 2 fully saturated rings. The quantitative estimate of drug-likeness (QED) is 0.735. The first-order chi connectivity index (χ1) is 10.4. The van der Waals surface area contributed by atoms with Gasteiger partial charge in [-0.05, 0) is 44.7 Å². The Morgan fingerprint density at radius 2 is 1.91 bits per heavy atom. The number of halogens is 1.